The van der Waals surface area contributed by atoms with Crippen molar-refractivity contribution in [1.29, 1.82) is 0 Å². The van der Waals surface area contributed by atoms with Crippen LogP contribution in [0.15, 0.2) is 41.3 Å². The summed E-state index contributed by atoms with van der Waals surface area (Å²) in [5.41, 5.74) is 0.950. The Hall–Kier alpha value is -2.76. The SMILES string of the molecule is COc1ccc(NC(=O)COc2c(C)[nH]ccc2=O)cc1. The molecular weight excluding hydrogens is 272 g/mol. The van der Waals surface area contributed by atoms with E-state index in [2.05, 4.69) is 10.3 Å². The summed E-state index contributed by atoms with van der Waals surface area (Å²) in [6, 6.07) is 8.27. The van der Waals surface area contributed by atoms with E-state index in [1.807, 2.05) is 0 Å². The molecule has 1 heterocycles. The van der Waals surface area contributed by atoms with Crippen LogP contribution in [0.5, 0.6) is 11.5 Å². The molecule has 6 nitrogen and oxygen atoms in total. The summed E-state index contributed by atoms with van der Waals surface area (Å²) >= 11 is 0. The summed E-state index contributed by atoms with van der Waals surface area (Å²) in [5.74, 6) is 0.515. The van der Waals surface area contributed by atoms with Crippen molar-refractivity contribution >= 4 is 11.6 Å². The lowest BCUT2D eigenvalue weighted by molar-refractivity contribution is -0.118. The van der Waals surface area contributed by atoms with Gasteiger partial charge in [-0.3, -0.25) is 9.59 Å². The second kappa shape index (κ2) is 6.60. The topological polar surface area (TPSA) is 80.4 Å². The first-order valence-electron chi connectivity index (χ1n) is 6.35. The number of nitrogens with one attached hydrogen (secondary N) is 2. The normalized spacial score (nSPS) is 10.0. The Kier molecular flexibility index (Phi) is 4.61. The van der Waals surface area contributed by atoms with Gasteiger partial charge in [0, 0.05) is 18.0 Å². The number of carbonyl (C=O) groups excluding carboxylic acids is 1. The summed E-state index contributed by atoms with van der Waals surface area (Å²) in [5, 5.41) is 2.67. The number of aromatic amines is 1. The number of aryl methyl sites for hydroxylation is 1. The van der Waals surface area contributed by atoms with Gasteiger partial charge in [0.2, 0.25) is 5.43 Å². The maximum atomic E-state index is 11.8. The van der Waals surface area contributed by atoms with Gasteiger partial charge in [-0.1, -0.05) is 0 Å². The molecule has 0 atom stereocenters. The van der Waals surface area contributed by atoms with Crippen LogP contribution in [-0.2, 0) is 4.79 Å². The molecule has 0 radical (unpaired) electrons. The van der Waals surface area contributed by atoms with Crippen molar-refractivity contribution in [3.05, 3.63) is 52.4 Å². The quantitative estimate of drug-likeness (QED) is 0.877. The molecule has 0 aliphatic rings. The Bertz CT molecular complexity index is 677. The average molecular weight is 288 g/mol. The standard InChI is InChI=1S/C15H16N2O4/c1-10-15(13(18)7-8-16-10)21-9-14(19)17-11-3-5-12(20-2)6-4-11/h3-8H,9H2,1-2H3,(H,16,18)(H,17,19). The first-order valence-corrected chi connectivity index (χ1v) is 6.35. The van der Waals surface area contributed by atoms with E-state index in [0.29, 0.717) is 17.1 Å². The fourth-order valence-corrected chi connectivity index (χ4v) is 1.76. The number of methoxy groups -OCH3 is 1. The van der Waals surface area contributed by atoms with Gasteiger partial charge in [-0.05, 0) is 31.2 Å². The number of rotatable bonds is 5. The van der Waals surface area contributed by atoms with Gasteiger partial charge in [0.1, 0.15) is 5.75 Å². The van der Waals surface area contributed by atoms with Crippen molar-refractivity contribution in [2.24, 2.45) is 0 Å². The molecule has 2 N–H and O–H groups in total. The molecule has 1 aromatic carbocycles. The molecule has 0 saturated heterocycles. The number of benzene rings is 1. The van der Waals surface area contributed by atoms with Gasteiger partial charge < -0.3 is 19.8 Å². The fraction of sp³-hybridized carbons (Fsp3) is 0.200. The Morgan fingerprint density at radius 2 is 1.95 bits per heavy atom. The molecule has 2 rings (SSSR count). The van der Waals surface area contributed by atoms with Crippen molar-refractivity contribution < 1.29 is 14.3 Å². The van der Waals surface area contributed by atoms with E-state index in [1.165, 1.54) is 12.3 Å². The average Bonchev–Trinajstić information content (AvgIpc) is 2.47. The molecule has 0 aliphatic heterocycles. The van der Waals surface area contributed by atoms with Gasteiger partial charge >= 0.3 is 0 Å². The molecule has 6 heteroatoms. The third kappa shape index (κ3) is 3.85. The minimum Gasteiger partial charge on any atom is -0.497 e. The predicted molar refractivity (Wildman–Crippen MR) is 78.9 cm³/mol. The third-order valence-electron chi connectivity index (χ3n) is 2.82. The smallest absolute Gasteiger partial charge is 0.262 e. The minimum absolute atomic E-state index is 0.155. The lowest BCUT2D eigenvalue weighted by atomic mass is 10.3. The second-order valence-electron chi connectivity index (χ2n) is 4.36. The highest BCUT2D eigenvalue weighted by Crippen LogP contribution is 2.15. The van der Waals surface area contributed by atoms with Crippen LogP contribution < -0.4 is 20.2 Å². The van der Waals surface area contributed by atoms with Crippen LogP contribution in [0.2, 0.25) is 0 Å². The number of hydrogen-bond donors (Lipinski definition) is 2. The second-order valence-corrected chi connectivity index (χ2v) is 4.36. The van der Waals surface area contributed by atoms with Gasteiger partial charge in [0.25, 0.3) is 5.91 Å². The number of amides is 1. The molecular formula is C15H16N2O4. The van der Waals surface area contributed by atoms with E-state index in [-0.39, 0.29) is 23.7 Å². The zero-order chi connectivity index (χ0) is 15.2. The van der Waals surface area contributed by atoms with Crippen molar-refractivity contribution in [2.75, 3.05) is 19.0 Å². The molecule has 2 aromatic rings. The summed E-state index contributed by atoms with van der Waals surface area (Å²) in [6.45, 7) is 1.47. The van der Waals surface area contributed by atoms with Crippen LogP contribution in [0.3, 0.4) is 0 Å². The van der Waals surface area contributed by atoms with Crippen LogP contribution in [0.1, 0.15) is 5.69 Å². The molecule has 110 valence electrons. The van der Waals surface area contributed by atoms with Crippen molar-refractivity contribution in [3.8, 4) is 11.5 Å². The minimum atomic E-state index is -0.345. The fourth-order valence-electron chi connectivity index (χ4n) is 1.76. The molecule has 0 unspecified atom stereocenters. The Morgan fingerprint density at radius 3 is 2.57 bits per heavy atom. The monoisotopic (exact) mass is 288 g/mol. The first-order chi connectivity index (χ1) is 10.1. The first kappa shape index (κ1) is 14.6. The summed E-state index contributed by atoms with van der Waals surface area (Å²) in [7, 11) is 1.57. The van der Waals surface area contributed by atoms with Crippen molar-refractivity contribution in [1.82, 2.24) is 4.98 Å². The Labute approximate surface area is 121 Å². The molecule has 21 heavy (non-hydrogen) atoms. The maximum Gasteiger partial charge on any atom is 0.262 e. The largest absolute Gasteiger partial charge is 0.497 e. The zero-order valence-corrected chi connectivity index (χ0v) is 11.8. The van der Waals surface area contributed by atoms with E-state index in [4.69, 9.17) is 9.47 Å². The highest BCUT2D eigenvalue weighted by molar-refractivity contribution is 5.91. The molecule has 0 aliphatic carbocycles. The molecule has 0 bridgehead atoms. The van der Waals surface area contributed by atoms with Gasteiger partial charge in [-0.25, -0.2) is 0 Å². The molecule has 0 saturated carbocycles. The van der Waals surface area contributed by atoms with Crippen LogP contribution in [0, 0.1) is 6.92 Å². The summed E-state index contributed by atoms with van der Waals surface area (Å²) in [6.07, 6.45) is 1.53. The predicted octanol–water partition coefficient (Wildman–Crippen LogP) is 1.71. The number of aromatic nitrogens is 1. The maximum absolute atomic E-state index is 11.8. The third-order valence-corrected chi connectivity index (χ3v) is 2.82. The number of carbonyl (C=O) groups is 1. The number of ether oxygens (including phenoxy) is 2. The molecule has 1 aromatic heterocycles. The van der Waals surface area contributed by atoms with E-state index in [9.17, 15) is 9.59 Å². The zero-order valence-electron chi connectivity index (χ0n) is 11.8. The van der Waals surface area contributed by atoms with E-state index >= 15 is 0 Å². The van der Waals surface area contributed by atoms with E-state index < -0.39 is 0 Å². The lowest BCUT2D eigenvalue weighted by Crippen LogP contribution is -2.22. The van der Waals surface area contributed by atoms with Crippen molar-refractivity contribution in [2.45, 2.75) is 6.92 Å². The van der Waals surface area contributed by atoms with Crippen LogP contribution in [0.25, 0.3) is 0 Å². The van der Waals surface area contributed by atoms with E-state index in [1.54, 1.807) is 38.3 Å². The van der Waals surface area contributed by atoms with Crippen LogP contribution >= 0.6 is 0 Å². The van der Waals surface area contributed by atoms with Gasteiger partial charge in [-0.15, -0.1) is 0 Å². The highest BCUT2D eigenvalue weighted by Gasteiger charge is 2.08. The van der Waals surface area contributed by atoms with Crippen molar-refractivity contribution in [3.63, 3.8) is 0 Å². The van der Waals surface area contributed by atoms with Crippen LogP contribution in [-0.4, -0.2) is 24.6 Å². The Balaban J connectivity index is 1.94. The Morgan fingerprint density at radius 1 is 1.24 bits per heavy atom. The highest BCUT2D eigenvalue weighted by atomic mass is 16.5. The number of anilines is 1. The summed E-state index contributed by atoms with van der Waals surface area (Å²) < 4.78 is 10.3. The number of hydrogen-bond acceptors (Lipinski definition) is 4. The summed E-state index contributed by atoms with van der Waals surface area (Å²) in [4.78, 5) is 26.2. The van der Waals surface area contributed by atoms with Gasteiger partial charge in [0.05, 0.1) is 12.8 Å². The lowest BCUT2D eigenvalue weighted by Gasteiger charge is -2.09. The number of H-pyrrole nitrogens is 1. The van der Waals surface area contributed by atoms with E-state index in [0.717, 1.165) is 0 Å². The van der Waals surface area contributed by atoms with Gasteiger partial charge in [0.15, 0.2) is 12.4 Å². The molecule has 0 fully saturated rings. The van der Waals surface area contributed by atoms with Crippen LogP contribution in [0.4, 0.5) is 5.69 Å². The van der Waals surface area contributed by atoms with Gasteiger partial charge in [-0.2, -0.15) is 0 Å². The molecule has 1 amide bonds. The molecule has 0 spiro atoms. The number of pyridine rings is 1.